The lowest BCUT2D eigenvalue weighted by Crippen LogP contribution is -2.31. The van der Waals surface area contributed by atoms with E-state index in [4.69, 9.17) is 0 Å². The second-order valence-corrected chi connectivity index (χ2v) is 7.03. The third-order valence-corrected chi connectivity index (χ3v) is 4.95. The van der Waals surface area contributed by atoms with Gasteiger partial charge in [-0.05, 0) is 23.3 Å². The molecule has 1 aromatic carbocycles. The zero-order chi connectivity index (χ0) is 20.8. The Bertz CT molecular complexity index is 884. The fraction of sp³-hybridized carbons (Fsp3) is 0.400. The zero-order valence-electron chi connectivity index (χ0n) is 16.9. The van der Waals surface area contributed by atoms with Gasteiger partial charge in [-0.3, -0.25) is 19.1 Å². The van der Waals surface area contributed by atoms with Crippen molar-refractivity contribution in [2.24, 2.45) is 13.0 Å². The van der Waals surface area contributed by atoms with Crippen LogP contribution in [0.25, 0.3) is 0 Å². The molecule has 3 N–H and O–H groups in total. The third-order valence-electron chi connectivity index (χ3n) is 4.95. The molecule has 0 aliphatic carbocycles. The van der Waals surface area contributed by atoms with Crippen LogP contribution in [-0.2, 0) is 32.6 Å². The monoisotopic (exact) mass is 435 g/mol. The molecule has 9 nitrogen and oxygen atoms in total. The maximum absolute atomic E-state index is 12.8. The number of aromatic nitrogens is 2. The number of nitrogens with one attached hydrogen (secondary N) is 3. The molecule has 30 heavy (non-hydrogen) atoms. The van der Waals surface area contributed by atoms with Crippen molar-refractivity contribution in [3.05, 3.63) is 47.8 Å². The molecule has 0 unspecified atom stereocenters. The topological polar surface area (TPSA) is 114 Å². The molecule has 1 aromatic heterocycles. The van der Waals surface area contributed by atoms with Crippen LogP contribution in [0.1, 0.15) is 17.0 Å². The number of ether oxygens (including phenoxy) is 1. The number of rotatable bonds is 7. The number of esters is 1. The van der Waals surface area contributed by atoms with Crippen LogP contribution >= 0.6 is 12.4 Å². The van der Waals surface area contributed by atoms with Gasteiger partial charge in [-0.15, -0.1) is 12.4 Å². The summed E-state index contributed by atoms with van der Waals surface area (Å²) in [5.74, 6) is -0.914. The first kappa shape index (κ1) is 23.4. The number of benzene rings is 1. The van der Waals surface area contributed by atoms with E-state index in [1.54, 1.807) is 35.1 Å². The second kappa shape index (κ2) is 10.7. The highest BCUT2D eigenvalue weighted by atomic mass is 35.5. The number of carbonyl (C=O) groups excluding carboxylic acids is 3. The van der Waals surface area contributed by atoms with Crippen LogP contribution in [0.3, 0.4) is 0 Å². The van der Waals surface area contributed by atoms with Crippen molar-refractivity contribution >= 4 is 35.9 Å². The number of anilines is 1. The number of amides is 2. The Morgan fingerprint density at radius 3 is 2.60 bits per heavy atom. The summed E-state index contributed by atoms with van der Waals surface area (Å²) >= 11 is 0. The first-order valence-electron chi connectivity index (χ1n) is 9.39. The van der Waals surface area contributed by atoms with Gasteiger partial charge in [0.2, 0.25) is 11.8 Å². The quantitative estimate of drug-likeness (QED) is 0.549. The lowest BCUT2D eigenvalue weighted by atomic mass is 9.90. The van der Waals surface area contributed by atoms with Gasteiger partial charge >= 0.3 is 5.97 Å². The number of hydrogen-bond donors (Lipinski definition) is 3. The maximum atomic E-state index is 12.8. The molecule has 162 valence electrons. The van der Waals surface area contributed by atoms with E-state index in [0.717, 1.165) is 17.7 Å². The number of carbonyl (C=O) groups is 3. The molecule has 3 rings (SSSR count). The van der Waals surface area contributed by atoms with Gasteiger partial charge in [0, 0.05) is 37.9 Å². The highest BCUT2D eigenvalue weighted by Crippen LogP contribution is 2.28. The van der Waals surface area contributed by atoms with E-state index in [-0.39, 0.29) is 49.0 Å². The van der Waals surface area contributed by atoms with E-state index in [1.807, 2.05) is 13.2 Å². The molecule has 2 aromatic rings. The number of aryl methyl sites for hydroxylation is 1. The van der Waals surface area contributed by atoms with Crippen molar-refractivity contribution in [2.45, 2.75) is 12.3 Å². The summed E-state index contributed by atoms with van der Waals surface area (Å²) in [6, 6.07) is 7.09. The first-order valence-corrected chi connectivity index (χ1v) is 9.39. The lowest BCUT2D eigenvalue weighted by molar-refractivity contribution is -0.141. The summed E-state index contributed by atoms with van der Waals surface area (Å²) in [6.45, 7) is 1.20. The molecule has 2 heterocycles. The van der Waals surface area contributed by atoms with Crippen LogP contribution in [0, 0.1) is 5.92 Å². The summed E-state index contributed by atoms with van der Waals surface area (Å²) in [6.07, 6.45) is 3.89. The van der Waals surface area contributed by atoms with Crippen molar-refractivity contribution in [1.82, 2.24) is 20.4 Å². The molecular weight excluding hydrogens is 410 g/mol. The summed E-state index contributed by atoms with van der Waals surface area (Å²) in [7, 11) is 3.13. The van der Waals surface area contributed by atoms with Crippen LogP contribution in [0.15, 0.2) is 36.7 Å². The Hall–Kier alpha value is -2.91. The molecule has 0 radical (unpaired) electrons. The fourth-order valence-corrected chi connectivity index (χ4v) is 3.37. The first-order chi connectivity index (χ1) is 14.0. The van der Waals surface area contributed by atoms with Gasteiger partial charge in [0.25, 0.3) is 0 Å². The van der Waals surface area contributed by atoms with Crippen LogP contribution in [0.2, 0.25) is 0 Å². The highest BCUT2D eigenvalue weighted by molar-refractivity contribution is 5.93. The van der Waals surface area contributed by atoms with E-state index in [9.17, 15) is 14.4 Å². The van der Waals surface area contributed by atoms with Crippen LogP contribution < -0.4 is 16.0 Å². The summed E-state index contributed by atoms with van der Waals surface area (Å²) in [5.41, 5.74) is 2.50. The molecule has 2 amide bonds. The van der Waals surface area contributed by atoms with E-state index >= 15 is 0 Å². The van der Waals surface area contributed by atoms with Gasteiger partial charge in [0.1, 0.15) is 6.54 Å². The van der Waals surface area contributed by atoms with Crippen molar-refractivity contribution in [2.75, 3.05) is 32.1 Å². The van der Waals surface area contributed by atoms with Crippen molar-refractivity contribution in [3.8, 4) is 0 Å². The van der Waals surface area contributed by atoms with E-state index in [0.29, 0.717) is 12.2 Å². The Kier molecular flexibility index (Phi) is 8.37. The maximum Gasteiger partial charge on any atom is 0.325 e. The standard InChI is InChI=1S/C20H25N5O4.ClH/c1-25-12-14(8-23-25)16-9-21-10-17(16)20(28)24-15-5-3-13(4-6-15)7-18(26)22-11-19(27)29-2;/h3-6,8,12,16-17,21H,7,9-11H2,1-2H3,(H,22,26)(H,24,28);1H/t16-,17+;/m1./s1. The number of nitrogens with zero attached hydrogens (tertiary/aromatic N) is 2. The molecule has 1 fully saturated rings. The van der Waals surface area contributed by atoms with Crippen LogP contribution in [0.4, 0.5) is 5.69 Å². The highest BCUT2D eigenvalue weighted by Gasteiger charge is 2.34. The normalized spacial score (nSPS) is 17.7. The minimum Gasteiger partial charge on any atom is -0.468 e. The largest absolute Gasteiger partial charge is 0.468 e. The second-order valence-electron chi connectivity index (χ2n) is 7.03. The SMILES string of the molecule is COC(=O)CNC(=O)Cc1ccc(NC(=O)[C@H]2CNC[C@@H]2c2cnn(C)c2)cc1.Cl. The predicted octanol–water partition coefficient (Wildman–Crippen LogP) is 0.615. The smallest absolute Gasteiger partial charge is 0.325 e. The number of hydrogen-bond acceptors (Lipinski definition) is 6. The molecule has 0 saturated carbocycles. The third kappa shape index (κ3) is 6.04. The zero-order valence-corrected chi connectivity index (χ0v) is 17.7. The van der Waals surface area contributed by atoms with Gasteiger partial charge in [0.05, 0.1) is 25.6 Å². The Labute approximate surface area is 181 Å². The summed E-state index contributed by atoms with van der Waals surface area (Å²) < 4.78 is 6.22. The molecule has 1 aliphatic heterocycles. The average Bonchev–Trinajstić information content (AvgIpc) is 3.36. The van der Waals surface area contributed by atoms with Gasteiger partial charge in [-0.2, -0.15) is 5.10 Å². The molecule has 2 atom stereocenters. The average molecular weight is 436 g/mol. The van der Waals surface area contributed by atoms with Crippen molar-refractivity contribution in [3.63, 3.8) is 0 Å². The molecule has 1 saturated heterocycles. The Morgan fingerprint density at radius 1 is 1.23 bits per heavy atom. The van der Waals surface area contributed by atoms with Gasteiger partial charge in [0.15, 0.2) is 0 Å². The van der Waals surface area contributed by atoms with Gasteiger partial charge in [-0.25, -0.2) is 0 Å². The van der Waals surface area contributed by atoms with E-state index in [1.165, 1.54) is 7.11 Å². The molecule has 10 heteroatoms. The van der Waals surface area contributed by atoms with E-state index < -0.39 is 5.97 Å². The molecular formula is C20H26ClN5O4. The Balaban J connectivity index is 0.00000320. The lowest BCUT2D eigenvalue weighted by Gasteiger charge is -2.17. The van der Waals surface area contributed by atoms with E-state index in [2.05, 4.69) is 25.8 Å². The van der Waals surface area contributed by atoms with Crippen molar-refractivity contribution in [1.29, 1.82) is 0 Å². The fourth-order valence-electron chi connectivity index (χ4n) is 3.37. The minimum atomic E-state index is -0.498. The molecule has 0 bridgehead atoms. The van der Waals surface area contributed by atoms with Gasteiger partial charge in [-0.1, -0.05) is 12.1 Å². The Morgan fingerprint density at radius 2 is 1.97 bits per heavy atom. The number of methoxy groups -OCH3 is 1. The molecule has 1 aliphatic rings. The summed E-state index contributed by atoms with van der Waals surface area (Å²) in [4.78, 5) is 35.7. The number of halogens is 1. The van der Waals surface area contributed by atoms with Crippen LogP contribution in [0.5, 0.6) is 0 Å². The summed E-state index contributed by atoms with van der Waals surface area (Å²) in [5, 5.41) is 12.9. The van der Waals surface area contributed by atoms with Gasteiger partial charge < -0.3 is 20.7 Å². The van der Waals surface area contributed by atoms with Crippen LogP contribution in [-0.4, -0.2) is 54.3 Å². The molecule has 0 spiro atoms. The predicted molar refractivity (Wildman–Crippen MR) is 113 cm³/mol. The minimum absolute atomic E-state index is 0. The van der Waals surface area contributed by atoms with Crippen molar-refractivity contribution < 1.29 is 19.1 Å².